The zero-order valence-corrected chi connectivity index (χ0v) is 16.4. The van der Waals surface area contributed by atoms with Gasteiger partial charge in [0.1, 0.15) is 0 Å². The summed E-state index contributed by atoms with van der Waals surface area (Å²) in [6.07, 6.45) is 1.87. The highest BCUT2D eigenvalue weighted by atomic mass is 35.5. The van der Waals surface area contributed by atoms with E-state index in [-0.39, 0.29) is 6.04 Å². The zero-order valence-electron chi connectivity index (χ0n) is 14.1. The average molecular weight is 405 g/mol. The van der Waals surface area contributed by atoms with E-state index < -0.39 is 0 Å². The molecule has 26 heavy (non-hydrogen) atoms. The normalized spacial score (nSPS) is 11.8. The molecule has 7 heteroatoms. The molecular formula is C19H18Cl2N4S. The third-order valence-electron chi connectivity index (χ3n) is 3.88. The van der Waals surface area contributed by atoms with Crippen molar-refractivity contribution in [3.63, 3.8) is 0 Å². The van der Waals surface area contributed by atoms with Crippen LogP contribution in [-0.2, 0) is 6.54 Å². The quantitative estimate of drug-likeness (QED) is 0.567. The lowest BCUT2D eigenvalue weighted by Gasteiger charge is -2.16. The van der Waals surface area contributed by atoms with Crippen molar-refractivity contribution in [2.75, 3.05) is 5.32 Å². The van der Waals surface area contributed by atoms with Crippen LogP contribution >= 0.6 is 35.4 Å². The minimum atomic E-state index is 0.103. The summed E-state index contributed by atoms with van der Waals surface area (Å²) in [6.45, 7) is 2.61. The Morgan fingerprint density at radius 3 is 2.65 bits per heavy atom. The lowest BCUT2D eigenvalue weighted by atomic mass is 10.1. The van der Waals surface area contributed by atoms with E-state index in [1.54, 1.807) is 10.7 Å². The fraction of sp³-hybridized carbons (Fsp3) is 0.158. The third-order valence-corrected chi connectivity index (χ3v) is 4.68. The Bertz CT molecular complexity index is 896. The number of nitrogens with zero attached hydrogens (tertiary/aromatic N) is 2. The van der Waals surface area contributed by atoms with Crippen molar-refractivity contribution in [1.82, 2.24) is 15.1 Å². The van der Waals surface area contributed by atoms with Gasteiger partial charge in [0, 0.05) is 22.3 Å². The molecular weight excluding hydrogens is 387 g/mol. The molecule has 134 valence electrons. The molecule has 1 heterocycles. The molecule has 0 aliphatic rings. The molecule has 3 rings (SSSR count). The molecule has 4 nitrogen and oxygen atoms in total. The molecule has 1 atom stereocenters. The van der Waals surface area contributed by atoms with Crippen LogP contribution in [-0.4, -0.2) is 14.9 Å². The Morgan fingerprint density at radius 1 is 1.15 bits per heavy atom. The molecule has 0 aliphatic carbocycles. The first-order valence-corrected chi connectivity index (χ1v) is 9.27. The van der Waals surface area contributed by atoms with Crippen LogP contribution < -0.4 is 10.6 Å². The predicted molar refractivity (Wildman–Crippen MR) is 112 cm³/mol. The topological polar surface area (TPSA) is 41.9 Å². The SMILES string of the molecule is CC(NC(=S)Nc1ccn(Cc2ccc(Cl)cc2Cl)n1)c1ccccc1. The monoisotopic (exact) mass is 404 g/mol. The lowest BCUT2D eigenvalue weighted by molar-refractivity contribution is 0.689. The number of nitrogens with one attached hydrogen (secondary N) is 2. The molecule has 0 aliphatic heterocycles. The summed E-state index contributed by atoms with van der Waals surface area (Å²) in [6, 6.07) is 17.5. The van der Waals surface area contributed by atoms with Gasteiger partial charge >= 0.3 is 0 Å². The van der Waals surface area contributed by atoms with Crippen LogP contribution in [0.3, 0.4) is 0 Å². The predicted octanol–water partition coefficient (Wildman–Crippen LogP) is 5.29. The highest BCUT2D eigenvalue weighted by Crippen LogP contribution is 2.22. The van der Waals surface area contributed by atoms with E-state index in [2.05, 4.69) is 34.8 Å². The van der Waals surface area contributed by atoms with Crippen LogP contribution in [0.5, 0.6) is 0 Å². The number of rotatable bonds is 5. The molecule has 1 aromatic heterocycles. The number of thiocarbonyl (C=S) groups is 1. The summed E-state index contributed by atoms with van der Waals surface area (Å²) >= 11 is 17.5. The summed E-state index contributed by atoms with van der Waals surface area (Å²) in [5, 5.41) is 12.6. The maximum Gasteiger partial charge on any atom is 0.172 e. The second-order valence-corrected chi connectivity index (χ2v) is 7.12. The van der Waals surface area contributed by atoms with Gasteiger partial charge in [-0.2, -0.15) is 5.10 Å². The summed E-state index contributed by atoms with van der Waals surface area (Å²) in [4.78, 5) is 0. The fourth-order valence-electron chi connectivity index (χ4n) is 2.51. The molecule has 0 saturated carbocycles. The van der Waals surface area contributed by atoms with Crippen molar-refractivity contribution in [1.29, 1.82) is 0 Å². The largest absolute Gasteiger partial charge is 0.356 e. The van der Waals surface area contributed by atoms with Crippen LogP contribution in [0.15, 0.2) is 60.8 Å². The van der Waals surface area contributed by atoms with Gasteiger partial charge in [-0.05, 0) is 42.4 Å². The van der Waals surface area contributed by atoms with E-state index in [0.29, 0.717) is 27.5 Å². The van der Waals surface area contributed by atoms with Crippen molar-refractivity contribution in [3.8, 4) is 0 Å². The number of aromatic nitrogens is 2. The smallest absolute Gasteiger partial charge is 0.172 e. The summed E-state index contributed by atoms with van der Waals surface area (Å²) in [5.41, 5.74) is 2.11. The summed E-state index contributed by atoms with van der Waals surface area (Å²) in [7, 11) is 0. The van der Waals surface area contributed by atoms with Crippen LogP contribution in [0, 0.1) is 0 Å². The molecule has 0 saturated heterocycles. The van der Waals surface area contributed by atoms with Gasteiger partial charge in [-0.1, -0.05) is 59.6 Å². The van der Waals surface area contributed by atoms with E-state index in [1.165, 1.54) is 5.56 Å². The molecule has 3 aromatic rings. The first kappa shape index (κ1) is 18.7. The molecule has 0 radical (unpaired) electrons. The van der Waals surface area contributed by atoms with Crippen molar-refractivity contribution in [2.24, 2.45) is 0 Å². The summed E-state index contributed by atoms with van der Waals surface area (Å²) < 4.78 is 1.79. The highest BCUT2D eigenvalue weighted by Gasteiger charge is 2.08. The number of anilines is 1. The van der Waals surface area contributed by atoms with Crippen LogP contribution in [0.4, 0.5) is 5.82 Å². The first-order valence-electron chi connectivity index (χ1n) is 8.11. The van der Waals surface area contributed by atoms with Crippen LogP contribution in [0.2, 0.25) is 10.0 Å². The first-order chi connectivity index (χ1) is 12.5. The number of hydrogen-bond donors (Lipinski definition) is 2. The number of hydrogen-bond acceptors (Lipinski definition) is 2. The van der Waals surface area contributed by atoms with Crippen LogP contribution in [0.25, 0.3) is 0 Å². The van der Waals surface area contributed by atoms with Crippen LogP contribution in [0.1, 0.15) is 24.1 Å². The minimum absolute atomic E-state index is 0.103. The number of benzene rings is 2. The average Bonchev–Trinajstić information content (AvgIpc) is 3.05. The van der Waals surface area contributed by atoms with E-state index >= 15 is 0 Å². The molecule has 2 N–H and O–H groups in total. The molecule has 0 bridgehead atoms. The van der Waals surface area contributed by atoms with Crippen molar-refractivity contribution < 1.29 is 0 Å². The maximum atomic E-state index is 6.21. The Kier molecular flexibility index (Phi) is 6.14. The van der Waals surface area contributed by atoms with E-state index in [1.807, 2.05) is 42.6 Å². The van der Waals surface area contributed by atoms with Gasteiger partial charge in [-0.25, -0.2) is 0 Å². The maximum absolute atomic E-state index is 6.21. The molecule has 0 fully saturated rings. The molecule has 1 unspecified atom stereocenters. The van der Waals surface area contributed by atoms with Gasteiger partial charge in [-0.3, -0.25) is 4.68 Å². The number of halogens is 2. The Labute approximate surface area is 168 Å². The van der Waals surface area contributed by atoms with Crippen molar-refractivity contribution >= 4 is 46.4 Å². The van der Waals surface area contributed by atoms with Gasteiger partial charge in [0.2, 0.25) is 0 Å². The molecule has 0 amide bonds. The molecule has 0 spiro atoms. The Balaban J connectivity index is 1.58. The van der Waals surface area contributed by atoms with E-state index in [4.69, 9.17) is 35.4 Å². The lowest BCUT2D eigenvalue weighted by Crippen LogP contribution is -2.31. The second-order valence-electron chi connectivity index (χ2n) is 5.87. The third kappa shape index (κ3) is 4.97. The fourth-order valence-corrected chi connectivity index (χ4v) is 3.26. The van der Waals surface area contributed by atoms with Gasteiger partial charge < -0.3 is 10.6 Å². The zero-order chi connectivity index (χ0) is 18.5. The van der Waals surface area contributed by atoms with Gasteiger partial charge in [0.25, 0.3) is 0 Å². The van der Waals surface area contributed by atoms with E-state index in [0.717, 1.165) is 5.56 Å². The Hall–Kier alpha value is -2.08. The summed E-state index contributed by atoms with van der Waals surface area (Å²) in [5.74, 6) is 0.674. The van der Waals surface area contributed by atoms with Gasteiger partial charge in [0.15, 0.2) is 10.9 Å². The second kappa shape index (κ2) is 8.54. The van der Waals surface area contributed by atoms with Crippen molar-refractivity contribution in [3.05, 3.63) is 82.0 Å². The van der Waals surface area contributed by atoms with Gasteiger partial charge in [0.05, 0.1) is 12.6 Å². The molecule has 2 aromatic carbocycles. The van der Waals surface area contributed by atoms with E-state index in [9.17, 15) is 0 Å². The van der Waals surface area contributed by atoms with Crippen molar-refractivity contribution in [2.45, 2.75) is 19.5 Å². The van der Waals surface area contributed by atoms with Gasteiger partial charge in [-0.15, -0.1) is 0 Å². The highest BCUT2D eigenvalue weighted by molar-refractivity contribution is 7.80. The minimum Gasteiger partial charge on any atom is -0.356 e. The standard InChI is InChI=1S/C19H18Cl2N4S/c1-13(14-5-3-2-4-6-14)22-19(26)23-18-9-10-25(24-18)12-15-7-8-16(20)11-17(15)21/h2-11,13H,12H2,1H3,(H2,22,23,24,26). The Morgan fingerprint density at radius 2 is 1.92 bits per heavy atom.